The molecule has 0 radical (unpaired) electrons. The fraction of sp³-hybridized carbons (Fsp3) is 0.750. The van der Waals surface area contributed by atoms with Gasteiger partial charge in [0.2, 0.25) is 0 Å². The molecular weight excluding hydrogens is 284 g/mol. The highest BCUT2D eigenvalue weighted by atomic mass is 79.9. The third kappa shape index (κ3) is 2.72. The molecule has 17 heavy (non-hydrogen) atoms. The lowest BCUT2D eigenvalue weighted by atomic mass is 9.94. The van der Waals surface area contributed by atoms with Gasteiger partial charge < -0.3 is 9.84 Å². The van der Waals surface area contributed by atoms with Crippen molar-refractivity contribution in [3.05, 3.63) is 16.4 Å². The number of rotatable bonds is 3. The van der Waals surface area contributed by atoms with Gasteiger partial charge in [-0.15, -0.1) is 0 Å². The van der Waals surface area contributed by atoms with E-state index in [4.69, 9.17) is 4.74 Å². The molecule has 1 N–H and O–H groups in total. The normalized spacial score (nSPS) is 23.0. The standard InChI is InChI=1S/C12H19BrN2O2/c1-8(2)15-11(10(13)6-14-15)12(16)9-4-3-5-17-7-9/h6,8-9,12,16H,3-5,7H2,1-2H3. The first kappa shape index (κ1) is 13.1. The van der Waals surface area contributed by atoms with Crippen molar-refractivity contribution in [1.82, 2.24) is 9.78 Å². The molecule has 5 heteroatoms. The van der Waals surface area contributed by atoms with Gasteiger partial charge in [-0.3, -0.25) is 4.68 Å². The van der Waals surface area contributed by atoms with E-state index in [1.54, 1.807) is 6.20 Å². The Morgan fingerprint density at radius 1 is 1.59 bits per heavy atom. The molecule has 1 aromatic rings. The highest BCUT2D eigenvalue weighted by Crippen LogP contribution is 2.33. The summed E-state index contributed by atoms with van der Waals surface area (Å²) < 4.78 is 8.19. The molecule has 2 heterocycles. The van der Waals surface area contributed by atoms with Crippen molar-refractivity contribution in [2.75, 3.05) is 13.2 Å². The molecule has 1 aliphatic rings. The fourth-order valence-corrected chi connectivity index (χ4v) is 2.78. The van der Waals surface area contributed by atoms with E-state index >= 15 is 0 Å². The van der Waals surface area contributed by atoms with Gasteiger partial charge in [-0.1, -0.05) is 0 Å². The maximum absolute atomic E-state index is 10.5. The lowest BCUT2D eigenvalue weighted by molar-refractivity contribution is -0.0138. The Morgan fingerprint density at radius 2 is 2.35 bits per heavy atom. The van der Waals surface area contributed by atoms with Crippen molar-refractivity contribution in [3.8, 4) is 0 Å². The van der Waals surface area contributed by atoms with Crippen LogP contribution in [0.25, 0.3) is 0 Å². The molecule has 1 fully saturated rings. The number of aromatic nitrogens is 2. The summed E-state index contributed by atoms with van der Waals surface area (Å²) in [5.74, 6) is 0.175. The summed E-state index contributed by atoms with van der Waals surface area (Å²) in [6, 6.07) is 0.246. The fourth-order valence-electron chi connectivity index (χ4n) is 2.28. The number of ether oxygens (including phenoxy) is 1. The third-order valence-corrected chi connectivity index (χ3v) is 3.81. The number of hydrogen-bond acceptors (Lipinski definition) is 3. The summed E-state index contributed by atoms with van der Waals surface area (Å²) in [5.41, 5.74) is 0.871. The minimum absolute atomic E-state index is 0.175. The van der Waals surface area contributed by atoms with Gasteiger partial charge in [0, 0.05) is 18.6 Å². The molecule has 2 unspecified atom stereocenters. The van der Waals surface area contributed by atoms with Crippen LogP contribution >= 0.6 is 15.9 Å². The van der Waals surface area contributed by atoms with E-state index in [0.717, 1.165) is 29.6 Å². The van der Waals surface area contributed by atoms with Gasteiger partial charge in [0.15, 0.2) is 0 Å². The first-order valence-corrected chi connectivity index (χ1v) is 6.89. The third-order valence-electron chi connectivity index (χ3n) is 3.20. The predicted molar refractivity (Wildman–Crippen MR) is 68.8 cm³/mol. The zero-order valence-corrected chi connectivity index (χ0v) is 11.9. The van der Waals surface area contributed by atoms with E-state index in [1.807, 2.05) is 4.68 Å². The summed E-state index contributed by atoms with van der Waals surface area (Å²) in [7, 11) is 0. The summed E-state index contributed by atoms with van der Waals surface area (Å²) in [5, 5.41) is 14.8. The van der Waals surface area contributed by atoms with E-state index in [0.29, 0.717) is 6.61 Å². The molecule has 0 aliphatic carbocycles. The molecule has 2 rings (SSSR count). The minimum Gasteiger partial charge on any atom is -0.386 e. The maximum Gasteiger partial charge on any atom is 0.102 e. The Morgan fingerprint density at radius 3 is 2.94 bits per heavy atom. The summed E-state index contributed by atoms with van der Waals surface area (Å²) in [4.78, 5) is 0. The number of aliphatic hydroxyl groups is 1. The molecule has 0 spiro atoms. The Hall–Kier alpha value is -0.390. The second kappa shape index (κ2) is 5.50. The topological polar surface area (TPSA) is 47.3 Å². The van der Waals surface area contributed by atoms with Crippen LogP contribution in [0.5, 0.6) is 0 Å². The summed E-state index contributed by atoms with van der Waals surface area (Å²) in [6.07, 6.45) is 3.28. The highest BCUT2D eigenvalue weighted by molar-refractivity contribution is 9.10. The van der Waals surface area contributed by atoms with Crippen LogP contribution in [0.2, 0.25) is 0 Å². The molecule has 1 aliphatic heterocycles. The number of nitrogens with zero attached hydrogens (tertiary/aromatic N) is 2. The quantitative estimate of drug-likeness (QED) is 0.934. The average Bonchev–Trinajstić information content (AvgIpc) is 2.71. The second-order valence-electron chi connectivity index (χ2n) is 4.84. The lowest BCUT2D eigenvalue weighted by Gasteiger charge is -2.28. The molecule has 4 nitrogen and oxygen atoms in total. The van der Waals surface area contributed by atoms with Crippen molar-refractivity contribution in [2.24, 2.45) is 5.92 Å². The summed E-state index contributed by atoms with van der Waals surface area (Å²) in [6.45, 7) is 5.57. The van der Waals surface area contributed by atoms with Crippen LogP contribution in [0.3, 0.4) is 0 Å². The molecular formula is C12H19BrN2O2. The van der Waals surface area contributed by atoms with Gasteiger partial charge in [-0.2, -0.15) is 5.10 Å². The Bertz CT molecular complexity index is 373. The van der Waals surface area contributed by atoms with Crippen LogP contribution in [0.4, 0.5) is 0 Å². The van der Waals surface area contributed by atoms with Crippen LogP contribution in [0.15, 0.2) is 10.7 Å². The van der Waals surface area contributed by atoms with Crippen molar-refractivity contribution in [2.45, 2.75) is 38.8 Å². The van der Waals surface area contributed by atoms with Gasteiger partial charge in [-0.25, -0.2) is 0 Å². The number of hydrogen-bond donors (Lipinski definition) is 1. The average molecular weight is 303 g/mol. The number of halogens is 1. The van der Waals surface area contributed by atoms with Crippen molar-refractivity contribution >= 4 is 15.9 Å². The van der Waals surface area contributed by atoms with E-state index in [9.17, 15) is 5.11 Å². The van der Waals surface area contributed by atoms with E-state index < -0.39 is 6.10 Å². The Balaban J connectivity index is 2.22. The van der Waals surface area contributed by atoms with Crippen LogP contribution in [0.1, 0.15) is 44.5 Å². The Labute approximate surface area is 110 Å². The molecule has 0 saturated carbocycles. The molecule has 1 saturated heterocycles. The minimum atomic E-state index is -0.505. The van der Waals surface area contributed by atoms with Crippen LogP contribution in [-0.4, -0.2) is 28.1 Å². The monoisotopic (exact) mass is 302 g/mol. The smallest absolute Gasteiger partial charge is 0.102 e. The number of aliphatic hydroxyl groups excluding tert-OH is 1. The SMILES string of the molecule is CC(C)n1ncc(Br)c1C(O)C1CCCOC1. The van der Waals surface area contributed by atoms with Gasteiger partial charge in [0.1, 0.15) is 6.10 Å². The van der Waals surface area contributed by atoms with Gasteiger partial charge in [0.05, 0.1) is 23.0 Å². The van der Waals surface area contributed by atoms with E-state index in [-0.39, 0.29) is 12.0 Å². The van der Waals surface area contributed by atoms with Gasteiger partial charge in [0.25, 0.3) is 0 Å². The van der Waals surface area contributed by atoms with Crippen LogP contribution in [0, 0.1) is 5.92 Å². The van der Waals surface area contributed by atoms with E-state index in [1.165, 1.54) is 0 Å². The Kier molecular flexibility index (Phi) is 4.22. The maximum atomic E-state index is 10.5. The van der Waals surface area contributed by atoms with Crippen molar-refractivity contribution in [3.63, 3.8) is 0 Å². The second-order valence-corrected chi connectivity index (χ2v) is 5.69. The summed E-state index contributed by atoms with van der Waals surface area (Å²) >= 11 is 3.47. The highest BCUT2D eigenvalue weighted by Gasteiger charge is 2.28. The van der Waals surface area contributed by atoms with Crippen LogP contribution < -0.4 is 0 Å². The zero-order chi connectivity index (χ0) is 12.4. The molecule has 0 bridgehead atoms. The molecule has 96 valence electrons. The predicted octanol–water partition coefficient (Wildman–Crippen LogP) is 2.69. The van der Waals surface area contributed by atoms with Gasteiger partial charge in [-0.05, 0) is 42.6 Å². The zero-order valence-electron chi connectivity index (χ0n) is 10.3. The molecule has 0 amide bonds. The molecule has 1 aromatic heterocycles. The largest absolute Gasteiger partial charge is 0.386 e. The van der Waals surface area contributed by atoms with Crippen molar-refractivity contribution < 1.29 is 9.84 Å². The lowest BCUT2D eigenvalue weighted by Crippen LogP contribution is -2.26. The van der Waals surface area contributed by atoms with Gasteiger partial charge >= 0.3 is 0 Å². The van der Waals surface area contributed by atoms with Crippen LogP contribution in [-0.2, 0) is 4.74 Å². The van der Waals surface area contributed by atoms with E-state index in [2.05, 4.69) is 34.9 Å². The molecule has 0 aromatic carbocycles. The first-order chi connectivity index (χ1) is 8.11. The van der Waals surface area contributed by atoms with Crippen molar-refractivity contribution in [1.29, 1.82) is 0 Å². The first-order valence-electron chi connectivity index (χ1n) is 6.10. The molecule has 2 atom stereocenters.